The molecule has 1 unspecified atom stereocenters. The Balaban J connectivity index is 2.30. The van der Waals surface area contributed by atoms with Crippen LogP contribution in [0.5, 0.6) is 0 Å². The lowest BCUT2D eigenvalue weighted by molar-refractivity contribution is 0.590. The van der Waals surface area contributed by atoms with Crippen LogP contribution in [0.1, 0.15) is 56.2 Å². The fraction of sp³-hybridized carbons (Fsp3) is 0.500. The van der Waals surface area contributed by atoms with Crippen molar-refractivity contribution in [3.63, 3.8) is 0 Å². The molecule has 1 aliphatic carbocycles. The number of nitrogens with two attached hydrogens (primary N) is 1. The van der Waals surface area contributed by atoms with Crippen LogP contribution in [0.25, 0.3) is 0 Å². The van der Waals surface area contributed by atoms with Gasteiger partial charge in [0.25, 0.3) is 0 Å². The van der Waals surface area contributed by atoms with Crippen molar-refractivity contribution in [3.8, 4) is 0 Å². The molecule has 0 aromatic heterocycles. The molecule has 1 aromatic rings. The van der Waals surface area contributed by atoms with E-state index in [4.69, 9.17) is 5.73 Å². The van der Waals surface area contributed by atoms with Gasteiger partial charge < -0.3 is 5.73 Å². The average molecular weight is 283 g/mol. The summed E-state index contributed by atoms with van der Waals surface area (Å²) in [6.45, 7) is 9.85. The van der Waals surface area contributed by atoms with E-state index in [-0.39, 0.29) is 0 Å². The van der Waals surface area contributed by atoms with E-state index in [1.807, 2.05) is 0 Å². The third-order valence-electron chi connectivity index (χ3n) is 4.59. The van der Waals surface area contributed by atoms with Crippen LogP contribution in [-0.4, -0.2) is 6.54 Å². The first-order valence-corrected chi connectivity index (χ1v) is 8.25. The normalized spacial score (nSPS) is 22.0. The molecule has 1 aromatic carbocycles. The van der Waals surface area contributed by atoms with Crippen molar-refractivity contribution < 1.29 is 0 Å². The van der Waals surface area contributed by atoms with Crippen molar-refractivity contribution in [3.05, 3.63) is 58.2 Å². The number of hydrogen-bond acceptors (Lipinski definition) is 1. The van der Waals surface area contributed by atoms with Crippen LogP contribution in [0.3, 0.4) is 0 Å². The first-order valence-electron chi connectivity index (χ1n) is 8.25. The molecule has 0 spiro atoms. The summed E-state index contributed by atoms with van der Waals surface area (Å²) in [4.78, 5) is 0. The predicted octanol–water partition coefficient (Wildman–Crippen LogP) is 4.90. The minimum absolute atomic E-state index is 0.530. The average Bonchev–Trinajstić information content (AvgIpc) is 2.45. The second-order valence-electron chi connectivity index (χ2n) is 6.41. The first kappa shape index (κ1) is 16.0. The van der Waals surface area contributed by atoms with Gasteiger partial charge in [0.15, 0.2) is 0 Å². The van der Waals surface area contributed by atoms with Gasteiger partial charge in [-0.05, 0) is 56.7 Å². The lowest BCUT2D eigenvalue weighted by Gasteiger charge is -2.30. The van der Waals surface area contributed by atoms with Crippen LogP contribution < -0.4 is 5.73 Å². The quantitative estimate of drug-likeness (QED) is 0.817. The van der Waals surface area contributed by atoms with Gasteiger partial charge in [-0.25, -0.2) is 0 Å². The minimum atomic E-state index is 0.530. The summed E-state index contributed by atoms with van der Waals surface area (Å²) in [5.41, 5.74) is 13.0. The van der Waals surface area contributed by atoms with E-state index in [2.05, 4.69) is 58.0 Å². The fourth-order valence-electron chi connectivity index (χ4n) is 3.61. The highest BCUT2D eigenvalue weighted by atomic mass is 14.5. The van der Waals surface area contributed by atoms with Crippen LogP contribution in [0.4, 0.5) is 0 Å². The van der Waals surface area contributed by atoms with Crippen LogP contribution in [0, 0.1) is 12.8 Å². The van der Waals surface area contributed by atoms with Crippen molar-refractivity contribution in [2.75, 3.05) is 6.54 Å². The number of rotatable bonds is 5. The van der Waals surface area contributed by atoms with E-state index in [0.717, 1.165) is 25.8 Å². The summed E-state index contributed by atoms with van der Waals surface area (Å²) >= 11 is 0. The molecule has 0 heterocycles. The molecule has 0 fully saturated rings. The smallest absolute Gasteiger partial charge is 0.0112 e. The van der Waals surface area contributed by atoms with Gasteiger partial charge in [0.1, 0.15) is 0 Å². The van der Waals surface area contributed by atoms with E-state index < -0.39 is 0 Å². The van der Waals surface area contributed by atoms with Crippen molar-refractivity contribution in [1.29, 1.82) is 0 Å². The number of aryl methyl sites for hydroxylation is 2. The van der Waals surface area contributed by atoms with Gasteiger partial charge in [-0.2, -0.15) is 0 Å². The molecule has 0 amide bonds. The Morgan fingerprint density at radius 2 is 1.95 bits per heavy atom. The molecule has 1 heteroatoms. The Morgan fingerprint density at radius 3 is 2.57 bits per heavy atom. The largest absolute Gasteiger partial charge is 0.330 e. The summed E-state index contributed by atoms with van der Waals surface area (Å²) in [6.07, 6.45) is 8.14. The molecule has 0 saturated carbocycles. The van der Waals surface area contributed by atoms with E-state index >= 15 is 0 Å². The summed E-state index contributed by atoms with van der Waals surface area (Å²) in [5.74, 6) is 1.10. The first-order chi connectivity index (χ1) is 10.1. The van der Waals surface area contributed by atoms with Crippen molar-refractivity contribution in [2.45, 2.75) is 52.9 Å². The Bertz CT molecular complexity index is 551. The van der Waals surface area contributed by atoms with Gasteiger partial charge >= 0.3 is 0 Å². The summed E-state index contributed by atoms with van der Waals surface area (Å²) in [6, 6.07) is 6.94. The Labute approximate surface area is 129 Å². The molecule has 0 bridgehead atoms. The van der Waals surface area contributed by atoms with Gasteiger partial charge in [0.05, 0.1) is 0 Å². The maximum Gasteiger partial charge on any atom is 0.0112 e. The SMILES string of the molecule is CCc1cc(C)ccc1[C@H]1C(C)=CC(CCCN)=CC1C. The second kappa shape index (κ2) is 7.09. The number of hydrogen-bond donors (Lipinski definition) is 1. The highest BCUT2D eigenvalue weighted by molar-refractivity contribution is 5.44. The van der Waals surface area contributed by atoms with Crippen LogP contribution in [0.2, 0.25) is 0 Å². The molecule has 1 aliphatic rings. The summed E-state index contributed by atoms with van der Waals surface area (Å²) in [5, 5.41) is 0. The predicted molar refractivity (Wildman–Crippen MR) is 92.6 cm³/mol. The lowest BCUT2D eigenvalue weighted by atomic mass is 9.75. The van der Waals surface area contributed by atoms with Crippen LogP contribution in [-0.2, 0) is 6.42 Å². The topological polar surface area (TPSA) is 26.0 Å². The van der Waals surface area contributed by atoms with Gasteiger partial charge in [-0.3, -0.25) is 0 Å². The van der Waals surface area contributed by atoms with Crippen molar-refractivity contribution in [1.82, 2.24) is 0 Å². The third kappa shape index (κ3) is 3.65. The van der Waals surface area contributed by atoms with Crippen LogP contribution >= 0.6 is 0 Å². The number of allylic oxidation sites excluding steroid dienone is 4. The fourth-order valence-corrected chi connectivity index (χ4v) is 3.61. The van der Waals surface area contributed by atoms with E-state index in [9.17, 15) is 0 Å². The van der Waals surface area contributed by atoms with Crippen molar-refractivity contribution >= 4 is 0 Å². The molecule has 1 nitrogen and oxygen atoms in total. The summed E-state index contributed by atoms with van der Waals surface area (Å²) < 4.78 is 0. The monoisotopic (exact) mass is 283 g/mol. The van der Waals surface area contributed by atoms with Gasteiger partial charge in [0, 0.05) is 5.92 Å². The molecular formula is C20H29N. The molecule has 0 aliphatic heterocycles. The highest BCUT2D eigenvalue weighted by Crippen LogP contribution is 2.39. The molecule has 21 heavy (non-hydrogen) atoms. The zero-order chi connectivity index (χ0) is 15.4. The molecule has 0 radical (unpaired) electrons. The zero-order valence-electron chi connectivity index (χ0n) is 13.9. The Hall–Kier alpha value is -1.34. The molecule has 2 N–H and O–H groups in total. The van der Waals surface area contributed by atoms with E-state index in [1.54, 1.807) is 0 Å². The van der Waals surface area contributed by atoms with Crippen LogP contribution in [0.15, 0.2) is 41.5 Å². The Morgan fingerprint density at radius 1 is 1.19 bits per heavy atom. The molecule has 0 saturated heterocycles. The van der Waals surface area contributed by atoms with E-state index in [0.29, 0.717) is 11.8 Å². The van der Waals surface area contributed by atoms with Gasteiger partial charge in [-0.1, -0.05) is 60.9 Å². The minimum Gasteiger partial charge on any atom is -0.330 e. The maximum atomic E-state index is 5.64. The number of benzene rings is 1. The molecular weight excluding hydrogens is 254 g/mol. The second-order valence-corrected chi connectivity index (χ2v) is 6.41. The third-order valence-corrected chi connectivity index (χ3v) is 4.59. The lowest BCUT2D eigenvalue weighted by Crippen LogP contribution is -2.16. The zero-order valence-corrected chi connectivity index (χ0v) is 13.9. The van der Waals surface area contributed by atoms with Gasteiger partial charge in [-0.15, -0.1) is 0 Å². The highest BCUT2D eigenvalue weighted by Gasteiger charge is 2.25. The van der Waals surface area contributed by atoms with Gasteiger partial charge in [0.2, 0.25) is 0 Å². The molecule has 114 valence electrons. The summed E-state index contributed by atoms with van der Waals surface area (Å²) in [7, 11) is 0. The Kier molecular flexibility index (Phi) is 5.41. The van der Waals surface area contributed by atoms with E-state index in [1.165, 1.54) is 27.8 Å². The molecule has 2 atom stereocenters. The van der Waals surface area contributed by atoms with Crippen molar-refractivity contribution in [2.24, 2.45) is 11.7 Å². The maximum absolute atomic E-state index is 5.64. The standard InChI is InChI=1S/C20H29N/c1-5-18-11-14(2)8-9-19(18)20-15(3)12-17(7-6-10-21)13-16(20)4/h8-9,11-13,15,20H,5-7,10,21H2,1-4H3/t15?,20-/m1/s1. The molecule has 2 rings (SSSR count).